The molecule has 2 heterocycles. The normalized spacial score (nSPS) is 14.3. The van der Waals surface area contributed by atoms with Gasteiger partial charge in [0.25, 0.3) is 0 Å². The summed E-state index contributed by atoms with van der Waals surface area (Å²) >= 11 is 1.58. The predicted octanol–water partition coefficient (Wildman–Crippen LogP) is 3.30. The monoisotopic (exact) mass is 448 g/mol. The Morgan fingerprint density at radius 2 is 1.88 bits per heavy atom. The van der Waals surface area contributed by atoms with E-state index in [2.05, 4.69) is 44.8 Å². The molecule has 8 nitrogen and oxygen atoms in total. The van der Waals surface area contributed by atoms with Crippen LogP contribution in [0.3, 0.4) is 0 Å². The van der Waals surface area contributed by atoms with E-state index in [1.807, 2.05) is 24.3 Å². The molecule has 0 atom stereocenters. The fraction of sp³-hybridized carbons (Fsp3) is 0.261. The summed E-state index contributed by atoms with van der Waals surface area (Å²) in [6, 6.07) is 16.4. The van der Waals surface area contributed by atoms with Crippen molar-refractivity contribution in [1.82, 2.24) is 20.5 Å². The summed E-state index contributed by atoms with van der Waals surface area (Å²) in [5.41, 5.74) is 2.32. The molecule has 4 aromatic rings. The number of aromatic nitrogens is 3. The molecular weight excluding hydrogens is 428 g/mol. The van der Waals surface area contributed by atoms with Crippen LogP contribution >= 0.6 is 11.3 Å². The Morgan fingerprint density at radius 1 is 1.09 bits per heavy atom. The zero-order valence-corrected chi connectivity index (χ0v) is 18.1. The van der Waals surface area contributed by atoms with E-state index < -0.39 is 11.5 Å². The summed E-state index contributed by atoms with van der Waals surface area (Å²) in [7, 11) is 1.31. The van der Waals surface area contributed by atoms with Gasteiger partial charge in [0.1, 0.15) is 17.0 Å². The number of methoxy groups -OCH3 is 1. The first-order valence-corrected chi connectivity index (χ1v) is 11.0. The number of thiazole rings is 1. The van der Waals surface area contributed by atoms with Crippen molar-refractivity contribution in [1.29, 1.82) is 0 Å². The van der Waals surface area contributed by atoms with Crippen LogP contribution in [0.25, 0.3) is 21.3 Å². The van der Waals surface area contributed by atoms with Crippen molar-refractivity contribution >= 4 is 33.4 Å². The van der Waals surface area contributed by atoms with Crippen LogP contribution in [0.1, 0.15) is 29.6 Å². The Kier molecular flexibility index (Phi) is 5.18. The number of hydrogen-bond acceptors (Lipinski definition) is 8. The molecule has 1 amide bonds. The molecule has 0 bridgehead atoms. The van der Waals surface area contributed by atoms with Crippen LogP contribution in [-0.2, 0) is 27.2 Å². The fourth-order valence-corrected chi connectivity index (χ4v) is 4.57. The Bertz CT molecular complexity index is 1290. The number of nitrogens with zero attached hydrogens (tertiary/aromatic N) is 3. The SMILES string of the molecule is COC(=O)C1(NC(=O)Cc2nnc(Cc3nc4ccc(-c5ccccc5)cc4s3)o2)CC1. The molecule has 0 unspecified atom stereocenters. The molecule has 2 aromatic heterocycles. The van der Waals surface area contributed by atoms with E-state index in [0.717, 1.165) is 26.4 Å². The first-order valence-electron chi connectivity index (χ1n) is 10.2. The summed E-state index contributed by atoms with van der Waals surface area (Å²) in [6.45, 7) is 0. The number of carbonyl (C=O) groups is 2. The number of fused-ring (bicyclic) bond motifs is 1. The van der Waals surface area contributed by atoms with Crippen molar-refractivity contribution < 1.29 is 18.7 Å². The van der Waals surface area contributed by atoms with Crippen LogP contribution in [0.4, 0.5) is 0 Å². The third-order valence-electron chi connectivity index (χ3n) is 5.37. The summed E-state index contributed by atoms with van der Waals surface area (Å²) in [5, 5.41) is 11.6. The van der Waals surface area contributed by atoms with Gasteiger partial charge in [0.05, 0.1) is 23.7 Å². The van der Waals surface area contributed by atoms with Crippen LogP contribution in [0, 0.1) is 0 Å². The number of nitrogens with one attached hydrogen (secondary N) is 1. The highest BCUT2D eigenvalue weighted by molar-refractivity contribution is 7.18. The van der Waals surface area contributed by atoms with Gasteiger partial charge >= 0.3 is 5.97 Å². The van der Waals surface area contributed by atoms with Crippen LogP contribution in [0.15, 0.2) is 52.9 Å². The molecule has 5 rings (SSSR count). The number of hydrogen-bond donors (Lipinski definition) is 1. The van der Waals surface area contributed by atoms with Crippen molar-refractivity contribution in [3.05, 3.63) is 65.3 Å². The molecular formula is C23H20N4O4S. The summed E-state index contributed by atoms with van der Waals surface area (Å²) < 4.78 is 11.5. The standard InChI is InChI=1S/C23H20N4O4S/c1-30-22(29)23(9-10-23)25-18(28)12-19-26-27-20(31-19)13-21-24-16-8-7-15(11-17(16)32-21)14-5-3-2-4-6-14/h2-8,11H,9-10,12-13H2,1H3,(H,25,28). The van der Waals surface area contributed by atoms with Gasteiger partial charge in [-0.15, -0.1) is 21.5 Å². The van der Waals surface area contributed by atoms with Crippen LogP contribution in [-0.4, -0.2) is 39.7 Å². The summed E-state index contributed by atoms with van der Waals surface area (Å²) in [4.78, 5) is 28.7. The molecule has 1 aliphatic rings. The summed E-state index contributed by atoms with van der Waals surface area (Å²) in [5.74, 6) is -0.185. The average Bonchev–Trinajstić information content (AvgIpc) is 3.26. The zero-order valence-electron chi connectivity index (χ0n) is 17.3. The Balaban J connectivity index is 1.25. The van der Waals surface area contributed by atoms with E-state index in [1.54, 1.807) is 11.3 Å². The van der Waals surface area contributed by atoms with E-state index in [4.69, 9.17) is 9.15 Å². The van der Waals surface area contributed by atoms with Gasteiger partial charge in [0, 0.05) is 0 Å². The maximum absolute atomic E-state index is 12.3. The quantitative estimate of drug-likeness (QED) is 0.432. The molecule has 0 saturated heterocycles. The Morgan fingerprint density at radius 3 is 2.62 bits per heavy atom. The second-order valence-corrected chi connectivity index (χ2v) is 8.84. The van der Waals surface area contributed by atoms with Crippen molar-refractivity contribution in [2.75, 3.05) is 7.11 Å². The minimum absolute atomic E-state index is 0.0912. The lowest BCUT2D eigenvalue weighted by Crippen LogP contribution is -2.44. The lowest BCUT2D eigenvalue weighted by molar-refractivity contribution is -0.146. The average molecular weight is 449 g/mol. The maximum atomic E-state index is 12.3. The van der Waals surface area contributed by atoms with Crippen LogP contribution < -0.4 is 5.32 Å². The molecule has 1 fully saturated rings. The maximum Gasteiger partial charge on any atom is 0.331 e. The fourth-order valence-electron chi connectivity index (χ4n) is 3.57. The molecule has 1 saturated carbocycles. The highest BCUT2D eigenvalue weighted by Gasteiger charge is 2.52. The lowest BCUT2D eigenvalue weighted by atomic mass is 10.1. The number of amides is 1. The van der Waals surface area contributed by atoms with Gasteiger partial charge in [-0.05, 0) is 36.1 Å². The third kappa shape index (κ3) is 4.11. The molecule has 32 heavy (non-hydrogen) atoms. The minimum atomic E-state index is -0.895. The van der Waals surface area contributed by atoms with E-state index in [9.17, 15) is 9.59 Å². The number of rotatable bonds is 7. The highest BCUT2D eigenvalue weighted by atomic mass is 32.1. The van der Waals surface area contributed by atoms with Crippen LogP contribution in [0.5, 0.6) is 0 Å². The van der Waals surface area contributed by atoms with Crippen LogP contribution in [0.2, 0.25) is 0 Å². The first-order chi connectivity index (χ1) is 15.5. The number of esters is 1. The Hall–Kier alpha value is -3.59. The molecule has 9 heteroatoms. The van der Waals surface area contributed by atoms with Gasteiger partial charge in [-0.3, -0.25) is 4.79 Å². The van der Waals surface area contributed by atoms with Crippen molar-refractivity contribution in [3.63, 3.8) is 0 Å². The Labute approximate surface area is 187 Å². The third-order valence-corrected chi connectivity index (χ3v) is 6.39. The molecule has 0 aliphatic heterocycles. The topological polar surface area (TPSA) is 107 Å². The zero-order chi connectivity index (χ0) is 22.1. The smallest absolute Gasteiger partial charge is 0.331 e. The predicted molar refractivity (Wildman–Crippen MR) is 118 cm³/mol. The molecule has 2 aromatic carbocycles. The second kappa shape index (κ2) is 8.16. The second-order valence-electron chi connectivity index (χ2n) is 7.72. The molecule has 0 spiro atoms. The molecule has 0 radical (unpaired) electrons. The van der Waals surface area contributed by atoms with Gasteiger partial charge in [0.15, 0.2) is 0 Å². The number of carbonyl (C=O) groups excluding carboxylic acids is 2. The van der Waals surface area contributed by atoms with Gasteiger partial charge in [-0.1, -0.05) is 36.4 Å². The highest BCUT2D eigenvalue weighted by Crippen LogP contribution is 2.36. The van der Waals surface area contributed by atoms with Gasteiger partial charge in [-0.2, -0.15) is 0 Å². The number of ether oxygens (including phenoxy) is 1. The minimum Gasteiger partial charge on any atom is -0.467 e. The lowest BCUT2D eigenvalue weighted by Gasteiger charge is -2.13. The van der Waals surface area contributed by atoms with E-state index in [-0.39, 0.29) is 18.2 Å². The molecule has 1 aliphatic carbocycles. The van der Waals surface area contributed by atoms with Gasteiger partial charge in [-0.25, -0.2) is 9.78 Å². The first kappa shape index (κ1) is 20.3. The molecule has 162 valence electrons. The van der Waals surface area contributed by atoms with Gasteiger partial charge < -0.3 is 14.5 Å². The van der Waals surface area contributed by atoms with E-state index in [1.165, 1.54) is 7.11 Å². The summed E-state index contributed by atoms with van der Waals surface area (Å²) in [6.07, 6.45) is 1.45. The molecule has 1 N–H and O–H groups in total. The van der Waals surface area contributed by atoms with E-state index in [0.29, 0.717) is 25.2 Å². The van der Waals surface area contributed by atoms with Crippen molar-refractivity contribution in [3.8, 4) is 11.1 Å². The van der Waals surface area contributed by atoms with Gasteiger partial charge in [0.2, 0.25) is 17.7 Å². The van der Waals surface area contributed by atoms with Crippen molar-refractivity contribution in [2.24, 2.45) is 0 Å². The number of benzene rings is 2. The van der Waals surface area contributed by atoms with Crippen molar-refractivity contribution in [2.45, 2.75) is 31.2 Å². The van der Waals surface area contributed by atoms with E-state index >= 15 is 0 Å². The largest absolute Gasteiger partial charge is 0.467 e.